The van der Waals surface area contributed by atoms with Crippen LogP contribution < -0.4 is 10.1 Å². The largest absolute Gasteiger partial charge is 0.494 e. The van der Waals surface area contributed by atoms with Gasteiger partial charge in [-0.1, -0.05) is 19.9 Å². The quantitative estimate of drug-likeness (QED) is 0.776. The Bertz CT molecular complexity index is 935. The predicted molar refractivity (Wildman–Crippen MR) is 99.7 cm³/mol. The second-order valence-electron chi connectivity index (χ2n) is 6.21. The molecule has 0 radical (unpaired) electrons. The Kier molecular flexibility index (Phi) is 4.65. The van der Waals surface area contributed by atoms with E-state index >= 15 is 0 Å². The molecule has 0 unspecified atom stereocenters. The van der Waals surface area contributed by atoms with E-state index in [0.717, 1.165) is 27.9 Å². The van der Waals surface area contributed by atoms with Crippen LogP contribution in [-0.4, -0.2) is 23.0 Å². The highest BCUT2D eigenvalue weighted by Gasteiger charge is 2.16. The minimum atomic E-state index is -0.106. The Hall–Kier alpha value is -2.95. The van der Waals surface area contributed by atoms with Gasteiger partial charge in [0, 0.05) is 28.8 Å². The van der Waals surface area contributed by atoms with Crippen LogP contribution in [0.4, 0.5) is 5.69 Å². The van der Waals surface area contributed by atoms with Gasteiger partial charge in [0.25, 0.3) is 0 Å². The summed E-state index contributed by atoms with van der Waals surface area (Å²) >= 11 is 0. The van der Waals surface area contributed by atoms with Crippen LogP contribution in [0.15, 0.2) is 42.6 Å². The van der Waals surface area contributed by atoms with Crippen LogP contribution in [-0.2, 0) is 4.79 Å². The number of amides is 1. The lowest BCUT2D eigenvalue weighted by molar-refractivity contribution is -0.118. The van der Waals surface area contributed by atoms with Crippen LogP contribution in [0.25, 0.3) is 22.2 Å². The van der Waals surface area contributed by atoms with Crippen LogP contribution in [0.5, 0.6) is 5.75 Å². The van der Waals surface area contributed by atoms with Crippen molar-refractivity contribution < 1.29 is 9.53 Å². The molecular weight excluding hydrogens is 314 g/mol. The summed E-state index contributed by atoms with van der Waals surface area (Å²) in [6.07, 6.45) is 1.72. The molecule has 128 valence electrons. The molecule has 0 aliphatic rings. The summed E-state index contributed by atoms with van der Waals surface area (Å²) < 4.78 is 5.45. The van der Waals surface area contributed by atoms with Gasteiger partial charge >= 0.3 is 0 Å². The summed E-state index contributed by atoms with van der Waals surface area (Å²) in [7, 11) is 1.63. The molecule has 1 N–H and O–H groups in total. The molecule has 1 amide bonds. The first-order valence-electron chi connectivity index (χ1n) is 8.22. The summed E-state index contributed by atoms with van der Waals surface area (Å²) in [6, 6.07) is 11.5. The van der Waals surface area contributed by atoms with E-state index < -0.39 is 0 Å². The molecule has 0 bridgehead atoms. The van der Waals surface area contributed by atoms with E-state index in [1.807, 2.05) is 57.2 Å². The van der Waals surface area contributed by atoms with E-state index in [0.29, 0.717) is 11.4 Å². The molecule has 0 atom stereocenters. The van der Waals surface area contributed by atoms with E-state index in [1.165, 1.54) is 0 Å². The molecule has 0 aliphatic carbocycles. The SMILES string of the molecule is COc1ccc(-c2ncccc2NC(=O)C(C)C)c2ccc(C)nc12. The highest BCUT2D eigenvalue weighted by Crippen LogP contribution is 2.35. The number of pyridine rings is 2. The van der Waals surface area contributed by atoms with Crippen molar-refractivity contribution in [2.75, 3.05) is 12.4 Å². The van der Waals surface area contributed by atoms with Crippen LogP contribution >= 0.6 is 0 Å². The number of rotatable bonds is 4. The van der Waals surface area contributed by atoms with Crippen molar-refractivity contribution in [2.24, 2.45) is 5.92 Å². The van der Waals surface area contributed by atoms with Gasteiger partial charge < -0.3 is 10.1 Å². The first kappa shape index (κ1) is 16.9. The zero-order valence-corrected chi connectivity index (χ0v) is 14.8. The van der Waals surface area contributed by atoms with E-state index in [-0.39, 0.29) is 11.8 Å². The van der Waals surface area contributed by atoms with Crippen LogP contribution in [0.3, 0.4) is 0 Å². The number of hydrogen-bond acceptors (Lipinski definition) is 4. The molecule has 5 heteroatoms. The van der Waals surface area contributed by atoms with Crippen molar-refractivity contribution in [3.63, 3.8) is 0 Å². The highest BCUT2D eigenvalue weighted by molar-refractivity contribution is 6.02. The number of carbonyl (C=O) groups is 1. The van der Waals surface area contributed by atoms with E-state index in [1.54, 1.807) is 13.3 Å². The Morgan fingerprint density at radius 3 is 2.68 bits per heavy atom. The summed E-state index contributed by atoms with van der Waals surface area (Å²) in [6.45, 7) is 5.67. The molecule has 0 saturated heterocycles. The standard InChI is InChI=1S/C20H21N3O2/c1-12(2)20(24)23-16-6-5-11-21-18(16)14-9-10-17(25-4)19-15(14)8-7-13(3)22-19/h5-12H,1-4H3,(H,23,24). The fourth-order valence-corrected chi connectivity index (χ4v) is 2.66. The van der Waals surface area contributed by atoms with Gasteiger partial charge in [-0.3, -0.25) is 9.78 Å². The van der Waals surface area contributed by atoms with Gasteiger partial charge in [-0.2, -0.15) is 0 Å². The van der Waals surface area contributed by atoms with Crippen molar-refractivity contribution in [1.82, 2.24) is 9.97 Å². The number of benzene rings is 1. The monoisotopic (exact) mass is 335 g/mol. The van der Waals surface area contributed by atoms with Crippen molar-refractivity contribution >= 4 is 22.5 Å². The molecule has 0 fully saturated rings. The molecule has 0 aliphatic heterocycles. The predicted octanol–water partition coefficient (Wildman–Crippen LogP) is 4.21. The zero-order valence-electron chi connectivity index (χ0n) is 14.8. The molecule has 3 aromatic rings. The van der Waals surface area contributed by atoms with Gasteiger partial charge in [-0.15, -0.1) is 0 Å². The summed E-state index contributed by atoms with van der Waals surface area (Å²) in [5.41, 5.74) is 4.01. The number of nitrogens with one attached hydrogen (secondary N) is 1. The molecule has 3 rings (SSSR count). The van der Waals surface area contributed by atoms with Crippen molar-refractivity contribution in [3.8, 4) is 17.0 Å². The third kappa shape index (κ3) is 3.31. The van der Waals surface area contributed by atoms with Crippen molar-refractivity contribution in [1.29, 1.82) is 0 Å². The lowest BCUT2D eigenvalue weighted by Crippen LogP contribution is -2.18. The number of methoxy groups -OCH3 is 1. The fraction of sp³-hybridized carbons (Fsp3) is 0.250. The van der Waals surface area contributed by atoms with Crippen LogP contribution in [0.2, 0.25) is 0 Å². The summed E-state index contributed by atoms with van der Waals surface area (Å²) in [4.78, 5) is 21.3. The average molecular weight is 335 g/mol. The third-order valence-corrected chi connectivity index (χ3v) is 4.02. The van der Waals surface area contributed by atoms with Crippen LogP contribution in [0, 0.1) is 12.8 Å². The second-order valence-corrected chi connectivity index (χ2v) is 6.21. The Morgan fingerprint density at radius 2 is 1.96 bits per heavy atom. The first-order valence-corrected chi connectivity index (χ1v) is 8.22. The van der Waals surface area contributed by atoms with Gasteiger partial charge in [0.1, 0.15) is 11.3 Å². The topological polar surface area (TPSA) is 64.1 Å². The molecule has 0 saturated carbocycles. The van der Waals surface area contributed by atoms with Gasteiger partial charge in [-0.05, 0) is 37.3 Å². The van der Waals surface area contributed by atoms with E-state index in [4.69, 9.17) is 4.74 Å². The Labute approximate surface area is 147 Å². The number of aromatic nitrogens is 2. The van der Waals surface area contributed by atoms with Crippen molar-refractivity contribution in [3.05, 3.63) is 48.3 Å². The first-order chi connectivity index (χ1) is 12.0. The lowest BCUT2D eigenvalue weighted by Gasteiger charge is -2.14. The number of aryl methyl sites for hydroxylation is 1. The third-order valence-electron chi connectivity index (χ3n) is 4.02. The van der Waals surface area contributed by atoms with E-state index in [2.05, 4.69) is 15.3 Å². The van der Waals surface area contributed by atoms with Gasteiger partial charge in [0.15, 0.2) is 0 Å². The zero-order chi connectivity index (χ0) is 18.0. The second kappa shape index (κ2) is 6.89. The average Bonchev–Trinajstić information content (AvgIpc) is 2.61. The number of carbonyl (C=O) groups excluding carboxylic acids is 1. The maximum absolute atomic E-state index is 12.1. The van der Waals surface area contributed by atoms with Crippen LogP contribution in [0.1, 0.15) is 19.5 Å². The maximum atomic E-state index is 12.1. The number of fused-ring (bicyclic) bond motifs is 1. The van der Waals surface area contributed by atoms with Crippen molar-refractivity contribution in [2.45, 2.75) is 20.8 Å². The summed E-state index contributed by atoms with van der Waals surface area (Å²) in [5.74, 6) is 0.567. The fourth-order valence-electron chi connectivity index (χ4n) is 2.66. The minimum absolute atomic E-state index is 0.0407. The maximum Gasteiger partial charge on any atom is 0.226 e. The number of nitrogens with zero attached hydrogens (tertiary/aromatic N) is 2. The Balaban J connectivity index is 2.19. The molecule has 5 nitrogen and oxygen atoms in total. The minimum Gasteiger partial charge on any atom is -0.494 e. The molecule has 1 aromatic carbocycles. The van der Waals surface area contributed by atoms with Gasteiger partial charge in [0.2, 0.25) is 5.91 Å². The van der Waals surface area contributed by atoms with E-state index in [9.17, 15) is 4.79 Å². The summed E-state index contributed by atoms with van der Waals surface area (Å²) in [5, 5.41) is 3.89. The number of hydrogen-bond donors (Lipinski definition) is 1. The molecule has 2 aromatic heterocycles. The normalized spacial score (nSPS) is 10.9. The molecule has 25 heavy (non-hydrogen) atoms. The lowest BCUT2D eigenvalue weighted by atomic mass is 10.0. The molecule has 0 spiro atoms. The smallest absolute Gasteiger partial charge is 0.226 e. The highest BCUT2D eigenvalue weighted by atomic mass is 16.5. The molecule has 2 heterocycles. The number of anilines is 1. The van der Waals surface area contributed by atoms with Gasteiger partial charge in [-0.25, -0.2) is 4.98 Å². The Morgan fingerprint density at radius 1 is 1.16 bits per heavy atom. The number of ether oxygens (including phenoxy) is 1. The molecular formula is C20H21N3O2. The van der Waals surface area contributed by atoms with Gasteiger partial charge in [0.05, 0.1) is 18.5 Å².